The van der Waals surface area contributed by atoms with Gasteiger partial charge in [0.05, 0.1) is 5.75 Å². The van der Waals surface area contributed by atoms with E-state index in [0.29, 0.717) is 0 Å². The van der Waals surface area contributed by atoms with Crippen LogP contribution < -0.4 is 4.74 Å². The number of hydrogen-bond donors (Lipinski definition) is 0. The summed E-state index contributed by atoms with van der Waals surface area (Å²) >= 11 is 0. The predicted molar refractivity (Wildman–Crippen MR) is 56.2 cm³/mol. The molecule has 1 rings (SSSR count). The number of benzene rings is 1. The second-order valence-corrected chi connectivity index (χ2v) is 5.71. The molecule has 0 unspecified atom stereocenters. The van der Waals surface area contributed by atoms with E-state index >= 15 is 0 Å². The van der Waals surface area contributed by atoms with Gasteiger partial charge in [-0.15, -0.1) is 0 Å². The van der Waals surface area contributed by atoms with Gasteiger partial charge in [0.25, 0.3) is 0 Å². The molecule has 0 saturated heterocycles. The SMILES string of the molecule is N#Cc1c(F)cccc1OCCS(=O)(=O)Cl. The van der Waals surface area contributed by atoms with Crippen LogP contribution in [0.2, 0.25) is 0 Å². The van der Waals surface area contributed by atoms with Crippen molar-refractivity contribution in [1.29, 1.82) is 5.26 Å². The van der Waals surface area contributed by atoms with Crippen LogP contribution in [0.5, 0.6) is 5.75 Å². The average molecular weight is 264 g/mol. The molecule has 0 heterocycles. The summed E-state index contributed by atoms with van der Waals surface area (Å²) in [5.74, 6) is -1.12. The van der Waals surface area contributed by atoms with Gasteiger partial charge in [-0.3, -0.25) is 0 Å². The second kappa shape index (κ2) is 5.14. The molecule has 4 nitrogen and oxygen atoms in total. The van der Waals surface area contributed by atoms with Gasteiger partial charge in [0, 0.05) is 10.7 Å². The summed E-state index contributed by atoms with van der Waals surface area (Å²) in [6.07, 6.45) is 0. The number of ether oxygens (including phenoxy) is 1. The van der Waals surface area contributed by atoms with Crippen molar-refractivity contribution in [2.24, 2.45) is 0 Å². The Morgan fingerprint density at radius 3 is 2.75 bits per heavy atom. The predicted octanol–water partition coefficient (Wildman–Crippen LogP) is 1.64. The molecule has 0 saturated carbocycles. The maximum absolute atomic E-state index is 13.1. The van der Waals surface area contributed by atoms with Crippen LogP contribution in [-0.2, 0) is 9.05 Å². The van der Waals surface area contributed by atoms with Gasteiger partial charge < -0.3 is 4.74 Å². The summed E-state index contributed by atoms with van der Waals surface area (Å²) in [6, 6.07) is 5.48. The topological polar surface area (TPSA) is 67.2 Å². The van der Waals surface area contributed by atoms with E-state index in [1.165, 1.54) is 12.1 Å². The number of rotatable bonds is 4. The van der Waals surface area contributed by atoms with Crippen LogP contribution in [0.25, 0.3) is 0 Å². The molecular weight excluding hydrogens is 257 g/mol. The standard InChI is InChI=1S/C9H7ClFNO3S/c10-16(13,14)5-4-15-9-3-1-2-8(11)7(9)6-12/h1-3H,4-5H2. The van der Waals surface area contributed by atoms with Crippen LogP contribution >= 0.6 is 10.7 Å². The molecule has 0 radical (unpaired) electrons. The molecular formula is C9H7ClFNO3S. The first-order chi connectivity index (χ1) is 7.44. The molecule has 1 aromatic carbocycles. The fraction of sp³-hybridized carbons (Fsp3) is 0.222. The van der Waals surface area contributed by atoms with Crippen molar-refractivity contribution >= 4 is 19.7 Å². The quantitative estimate of drug-likeness (QED) is 0.775. The highest BCUT2D eigenvalue weighted by atomic mass is 35.7. The first-order valence-electron chi connectivity index (χ1n) is 4.18. The Morgan fingerprint density at radius 1 is 1.50 bits per heavy atom. The van der Waals surface area contributed by atoms with Gasteiger partial charge in [-0.2, -0.15) is 5.26 Å². The molecule has 1 aromatic rings. The maximum atomic E-state index is 13.1. The summed E-state index contributed by atoms with van der Waals surface area (Å²) in [6.45, 7) is -0.232. The molecule has 0 fully saturated rings. The molecule has 0 N–H and O–H groups in total. The lowest BCUT2D eigenvalue weighted by Crippen LogP contribution is -2.09. The highest BCUT2D eigenvalue weighted by Gasteiger charge is 2.10. The van der Waals surface area contributed by atoms with Crippen LogP contribution in [0.15, 0.2) is 18.2 Å². The zero-order chi connectivity index (χ0) is 12.2. The molecule has 16 heavy (non-hydrogen) atoms. The summed E-state index contributed by atoms with van der Waals surface area (Å²) in [5.41, 5.74) is -0.255. The summed E-state index contributed by atoms with van der Waals surface area (Å²) in [7, 11) is 1.30. The van der Waals surface area contributed by atoms with Crippen molar-refractivity contribution in [3.05, 3.63) is 29.6 Å². The first-order valence-corrected chi connectivity index (χ1v) is 6.65. The molecule has 0 bridgehead atoms. The van der Waals surface area contributed by atoms with Gasteiger partial charge in [-0.05, 0) is 12.1 Å². The van der Waals surface area contributed by atoms with Crippen molar-refractivity contribution in [2.75, 3.05) is 12.4 Å². The smallest absolute Gasteiger partial charge is 0.235 e. The molecule has 0 aliphatic carbocycles. The van der Waals surface area contributed by atoms with Crippen LogP contribution in [0.4, 0.5) is 4.39 Å². The van der Waals surface area contributed by atoms with E-state index in [0.717, 1.165) is 6.07 Å². The first kappa shape index (κ1) is 12.7. The Bertz CT molecular complexity index is 524. The van der Waals surface area contributed by atoms with Gasteiger partial charge in [-0.1, -0.05) is 6.07 Å². The molecule has 0 aliphatic heterocycles. The summed E-state index contributed by atoms with van der Waals surface area (Å²) in [4.78, 5) is 0. The minimum absolute atomic E-state index is 0.00261. The van der Waals surface area contributed by atoms with E-state index in [1.807, 2.05) is 0 Å². The lowest BCUT2D eigenvalue weighted by atomic mass is 10.2. The largest absolute Gasteiger partial charge is 0.491 e. The monoisotopic (exact) mass is 263 g/mol. The van der Waals surface area contributed by atoms with Gasteiger partial charge in [0.2, 0.25) is 9.05 Å². The summed E-state index contributed by atoms with van der Waals surface area (Å²) < 4.78 is 39.2. The van der Waals surface area contributed by atoms with Crippen LogP contribution in [-0.4, -0.2) is 20.8 Å². The molecule has 0 amide bonds. The highest BCUT2D eigenvalue weighted by molar-refractivity contribution is 8.13. The lowest BCUT2D eigenvalue weighted by molar-refractivity contribution is 0.338. The molecule has 0 aliphatic rings. The van der Waals surface area contributed by atoms with E-state index in [2.05, 4.69) is 0 Å². The molecule has 86 valence electrons. The van der Waals surface area contributed by atoms with Gasteiger partial charge >= 0.3 is 0 Å². The highest BCUT2D eigenvalue weighted by Crippen LogP contribution is 2.20. The number of nitriles is 1. The number of nitrogens with zero attached hydrogens (tertiary/aromatic N) is 1. The Kier molecular flexibility index (Phi) is 4.10. The molecule has 0 atom stereocenters. The Labute approximate surface area is 96.6 Å². The average Bonchev–Trinajstić information content (AvgIpc) is 2.16. The molecule has 0 spiro atoms. The lowest BCUT2D eigenvalue weighted by Gasteiger charge is -2.06. The normalized spacial score (nSPS) is 10.8. The fourth-order valence-corrected chi connectivity index (χ4v) is 1.46. The van der Waals surface area contributed by atoms with Crippen LogP contribution in [0, 0.1) is 17.1 Å². The zero-order valence-electron chi connectivity index (χ0n) is 7.98. The molecule has 7 heteroatoms. The second-order valence-electron chi connectivity index (χ2n) is 2.82. The number of halogens is 2. The fourth-order valence-electron chi connectivity index (χ4n) is 0.984. The minimum atomic E-state index is -3.65. The van der Waals surface area contributed by atoms with Gasteiger partial charge in [0.15, 0.2) is 0 Å². The number of hydrogen-bond acceptors (Lipinski definition) is 4. The Hall–Kier alpha value is -1.32. The minimum Gasteiger partial charge on any atom is -0.491 e. The third kappa shape index (κ3) is 3.68. The zero-order valence-corrected chi connectivity index (χ0v) is 9.55. The third-order valence-electron chi connectivity index (χ3n) is 1.67. The van der Waals surface area contributed by atoms with Crippen molar-refractivity contribution in [3.63, 3.8) is 0 Å². The molecule has 0 aromatic heterocycles. The van der Waals surface area contributed by atoms with E-state index in [9.17, 15) is 12.8 Å². The Balaban J connectivity index is 2.76. The van der Waals surface area contributed by atoms with E-state index in [1.54, 1.807) is 6.07 Å². The van der Waals surface area contributed by atoms with Crippen molar-refractivity contribution < 1.29 is 17.5 Å². The van der Waals surface area contributed by atoms with Crippen LogP contribution in [0.1, 0.15) is 5.56 Å². The summed E-state index contributed by atoms with van der Waals surface area (Å²) in [5, 5.41) is 8.64. The van der Waals surface area contributed by atoms with Gasteiger partial charge in [-0.25, -0.2) is 12.8 Å². The maximum Gasteiger partial charge on any atom is 0.235 e. The third-order valence-corrected chi connectivity index (χ3v) is 2.79. The Morgan fingerprint density at radius 2 is 2.19 bits per heavy atom. The van der Waals surface area contributed by atoms with Crippen molar-refractivity contribution in [2.45, 2.75) is 0 Å². The van der Waals surface area contributed by atoms with E-state index in [-0.39, 0.29) is 17.9 Å². The van der Waals surface area contributed by atoms with Crippen LogP contribution in [0.3, 0.4) is 0 Å². The van der Waals surface area contributed by atoms with Crippen molar-refractivity contribution in [1.82, 2.24) is 0 Å². The van der Waals surface area contributed by atoms with E-state index < -0.39 is 20.6 Å². The van der Waals surface area contributed by atoms with Crippen molar-refractivity contribution in [3.8, 4) is 11.8 Å². The van der Waals surface area contributed by atoms with Gasteiger partial charge in [0.1, 0.15) is 29.8 Å². The van der Waals surface area contributed by atoms with E-state index in [4.69, 9.17) is 20.7 Å².